The Morgan fingerprint density at radius 1 is 1.17 bits per heavy atom. The zero-order valence-electron chi connectivity index (χ0n) is 7.71. The SMILES string of the molecule is COC1(C)O[C@H]2CCCC[C@H]2O1. The molecule has 0 amide bonds. The molecule has 1 saturated heterocycles. The van der Waals surface area contributed by atoms with Gasteiger partial charge in [0.1, 0.15) is 0 Å². The highest BCUT2D eigenvalue weighted by Crippen LogP contribution is 2.36. The lowest BCUT2D eigenvalue weighted by molar-refractivity contribution is -0.318. The molecule has 2 aliphatic rings. The summed E-state index contributed by atoms with van der Waals surface area (Å²) in [7, 11) is 1.62. The third-order valence-corrected chi connectivity index (χ3v) is 2.74. The monoisotopic (exact) mass is 172 g/mol. The van der Waals surface area contributed by atoms with Gasteiger partial charge in [-0.3, -0.25) is 0 Å². The van der Waals surface area contributed by atoms with Gasteiger partial charge in [0.15, 0.2) is 0 Å². The molecular weight excluding hydrogens is 156 g/mol. The van der Waals surface area contributed by atoms with Gasteiger partial charge in [-0.1, -0.05) is 12.8 Å². The molecule has 1 unspecified atom stereocenters. The molecule has 2 rings (SSSR count). The van der Waals surface area contributed by atoms with Crippen molar-refractivity contribution in [3.05, 3.63) is 0 Å². The van der Waals surface area contributed by atoms with E-state index >= 15 is 0 Å². The first kappa shape index (κ1) is 8.48. The lowest BCUT2D eigenvalue weighted by atomic mass is 9.95. The minimum absolute atomic E-state index is 0.267. The fourth-order valence-corrected chi connectivity index (χ4v) is 2.01. The second-order valence-electron chi connectivity index (χ2n) is 3.66. The average molecular weight is 172 g/mol. The summed E-state index contributed by atoms with van der Waals surface area (Å²) in [6.07, 6.45) is 5.27. The lowest BCUT2D eigenvalue weighted by Gasteiger charge is -2.20. The van der Waals surface area contributed by atoms with E-state index in [1.54, 1.807) is 7.11 Å². The van der Waals surface area contributed by atoms with Crippen LogP contribution < -0.4 is 0 Å². The normalized spacial score (nSPS) is 47.5. The molecule has 3 heteroatoms. The smallest absolute Gasteiger partial charge is 0.280 e. The van der Waals surface area contributed by atoms with Crippen molar-refractivity contribution in [1.82, 2.24) is 0 Å². The van der Waals surface area contributed by atoms with Crippen LogP contribution in [0.4, 0.5) is 0 Å². The summed E-state index contributed by atoms with van der Waals surface area (Å²) in [5, 5.41) is 0. The summed E-state index contributed by atoms with van der Waals surface area (Å²) >= 11 is 0. The molecule has 3 atom stereocenters. The van der Waals surface area contributed by atoms with Crippen LogP contribution in [0.5, 0.6) is 0 Å². The van der Waals surface area contributed by atoms with Crippen molar-refractivity contribution < 1.29 is 14.2 Å². The molecule has 70 valence electrons. The molecule has 0 N–H and O–H groups in total. The fraction of sp³-hybridized carbons (Fsp3) is 1.00. The Balaban J connectivity index is 2.02. The maximum Gasteiger partial charge on any atom is 0.280 e. The zero-order valence-corrected chi connectivity index (χ0v) is 7.71. The van der Waals surface area contributed by atoms with E-state index in [4.69, 9.17) is 14.2 Å². The van der Waals surface area contributed by atoms with E-state index in [1.165, 1.54) is 12.8 Å². The molecular formula is C9H16O3. The van der Waals surface area contributed by atoms with Crippen molar-refractivity contribution in [3.63, 3.8) is 0 Å². The molecule has 2 fully saturated rings. The molecule has 1 heterocycles. The summed E-state index contributed by atoms with van der Waals surface area (Å²) in [5.74, 6) is -0.778. The van der Waals surface area contributed by atoms with Gasteiger partial charge < -0.3 is 14.2 Å². The van der Waals surface area contributed by atoms with Gasteiger partial charge in [0.2, 0.25) is 0 Å². The van der Waals surface area contributed by atoms with Crippen LogP contribution in [0.1, 0.15) is 32.6 Å². The van der Waals surface area contributed by atoms with E-state index in [9.17, 15) is 0 Å². The molecule has 0 aromatic rings. The predicted molar refractivity (Wildman–Crippen MR) is 43.6 cm³/mol. The maximum absolute atomic E-state index is 5.66. The third-order valence-electron chi connectivity index (χ3n) is 2.74. The molecule has 0 radical (unpaired) electrons. The van der Waals surface area contributed by atoms with E-state index in [2.05, 4.69) is 0 Å². The fourth-order valence-electron chi connectivity index (χ4n) is 2.01. The highest BCUT2D eigenvalue weighted by molar-refractivity contribution is 4.82. The van der Waals surface area contributed by atoms with Crippen LogP contribution in [0.2, 0.25) is 0 Å². The van der Waals surface area contributed by atoms with Crippen molar-refractivity contribution in [1.29, 1.82) is 0 Å². The second kappa shape index (κ2) is 2.98. The molecule has 0 aromatic carbocycles. The number of ether oxygens (including phenoxy) is 3. The Kier molecular flexibility index (Phi) is 2.10. The predicted octanol–water partition coefficient (Wildman–Crippen LogP) is 1.66. The number of rotatable bonds is 1. The Labute approximate surface area is 73.0 Å². The van der Waals surface area contributed by atoms with Gasteiger partial charge in [0, 0.05) is 14.0 Å². The van der Waals surface area contributed by atoms with Crippen LogP contribution in [0.3, 0.4) is 0 Å². The van der Waals surface area contributed by atoms with Crippen LogP contribution in [-0.4, -0.2) is 25.3 Å². The quantitative estimate of drug-likeness (QED) is 0.602. The first-order chi connectivity index (χ1) is 5.73. The summed E-state index contributed by atoms with van der Waals surface area (Å²) < 4.78 is 16.5. The van der Waals surface area contributed by atoms with Crippen LogP contribution in [0.25, 0.3) is 0 Å². The Bertz CT molecular complexity index is 155. The average Bonchev–Trinajstić information content (AvgIpc) is 2.42. The van der Waals surface area contributed by atoms with Crippen molar-refractivity contribution in [2.75, 3.05) is 7.11 Å². The Morgan fingerprint density at radius 3 is 2.08 bits per heavy atom. The molecule has 12 heavy (non-hydrogen) atoms. The topological polar surface area (TPSA) is 27.7 Å². The van der Waals surface area contributed by atoms with Gasteiger partial charge in [-0.25, -0.2) is 0 Å². The van der Waals surface area contributed by atoms with Gasteiger partial charge in [-0.05, 0) is 12.8 Å². The minimum Gasteiger partial charge on any atom is -0.331 e. The van der Waals surface area contributed by atoms with Crippen LogP contribution in [-0.2, 0) is 14.2 Å². The largest absolute Gasteiger partial charge is 0.331 e. The van der Waals surface area contributed by atoms with E-state index < -0.39 is 5.97 Å². The molecule has 0 bridgehead atoms. The van der Waals surface area contributed by atoms with Crippen LogP contribution in [0.15, 0.2) is 0 Å². The van der Waals surface area contributed by atoms with Gasteiger partial charge >= 0.3 is 0 Å². The molecule has 0 spiro atoms. The first-order valence-corrected chi connectivity index (χ1v) is 4.64. The van der Waals surface area contributed by atoms with Crippen molar-refractivity contribution in [2.45, 2.75) is 50.8 Å². The van der Waals surface area contributed by atoms with Gasteiger partial charge in [-0.2, -0.15) is 0 Å². The third kappa shape index (κ3) is 1.37. The summed E-state index contributed by atoms with van der Waals surface area (Å²) in [6.45, 7) is 1.84. The van der Waals surface area contributed by atoms with Crippen molar-refractivity contribution in [2.24, 2.45) is 0 Å². The highest BCUT2D eigenvalue weighted by atomic mass is 16.9. The molecule has 1 saturated carbocycles. The molecule has 1 aliphatic heterocycles. The van der Waals surface area contributed by atoms with E-state index in [-0.39, 0.29) is 12.2 Å². The second-order valence-corrected chi connectivity index (χ2v) is 3.66. The number of methoxy groups -OCH3 is 1. The van der Waals surface area contributed by atoms with Crippen molar-refractivity contribution in [3.8, 4) is 0 Å². The van der Waals surface area contributed by atoms with Crippen molar-refractivity contribution >= 4 is 0 Å². The summed E-state index contributed by atoms with van der Waals surface area (Å²) in [5.41, 5.74) is 0. The summed E-state index contributed by atoms with van der Waals surface area (Å²) in [4.78, 5) is 0. The number of hydrogen-bond donors (Lipinski definition) is 0. The van der Waals surface area contributed by atoms with E-state index in [0.717, 1.165) is 12.8 Å². The van der Waals surface area contributed by atoms with E-state index in [0.29, 0.717) is 0 Å². The summed E-state index contributed by atoms with van der Waals surface area (Å²) in [6, 6.07) is 0. The highest BCUT2D eigenvalue weighted by Gasteiger charge is 2.45. The Hall–Kier alpha value is -0.120. The van der Waals surface area contributed by atoms with Crippen LogP contribution in [0, 0.1) is 0 Å². The standard InChI is InChI=1S/C9H16O3/c1-9(10-2)11-7-5-3-4-6-8(7)12-9/h7-8H,3-6H2,1-2H3/t7-,8+,9?. The van der Waals surface area contributed by atoms with Gasteiger partial charge in [0.05, 0.1) is 12.2 Å². The van der Waals surface area contributed by atoms with Gasteiger partial charge in [0.25, 0.3) is 5.97 Å². The molecule has 1 aliphatic carbocycles. The maximum atomic E-state index is 5.66. The zero-order chi connectivity index (χ0) is 8.60. The lowest BCUT2D eigenvalue weighted by Crippen LogP contribution is -2.28. The first-order valence-electron chi connectivity index (χ1n) is 4.64. The number of fused-ring (bicyclic) bond motifs is 1. The number of hydrogen-bond acceptors (Lipinski definition) is 3. The van der Waals surface area contributed by atoms with E-state index in [1.807, 2.05) is 6.92 Å². The molecule has 3 nitrogen and oxygen atoms in total. The Morgan fingerprint density at radius 2 is 1.67 bits per heavy atom. The van der Waals surface area contributed by atoms with Gasteiger partial charge in [-0.15, -0.1) is 0 Å². The van der Waals surface area contributed by atoms with Crippen LogP contribution >= 0.6 is 0 Å². The molecule has 0 aromatic heterocycles. The minimum atomic E-state index is -0.778.